The van der Waals surface area contributed by atoms with Gasteiger partial charge in [-0.05, 0) is 70.6 Å². The fraction of sp³-hybridized carbons (Fsp3) is 0.869. The van der Waals surface area contributed by atoms with Crippen LogP contribution in [-0.4, -0.2) is 49.3 Å². The molecule has 0 heterocycles. The van der Waals surface area contributed by atoms with Gasteiger partial charge in [-0.1, -0.05) is 262 Å². The molecule has 0 aliphatic heterocycles. The molecular formula is C61H116NO8P. The Morgan fingerprint density at radius 2 is 0.732 bits per heavy atom. The maximum atomic E-state index is 12.7. The number of carbonyl (C=O) groups excluding carboxylic acids is 2. The van der Waals surface area contributed by atoms with E-state index in [2.05, 4.69) is 50.3 Å². The highest BCUT2D eigenvalue weighted by Gasteiger charge is 2.26. The fourth-order valence-corrected chi connectivity index (χ4v) is 9.72. The van der Waals surface area contributed by atoms with Crippen molar-refractivity contribution in [3.05, 3.63) is 36.5 Å². The molecule has 0 bridgehead atoms. The predicted molar refractivity (Wildman–Crippen MR) is 303 cm³/mol. The highest BCUT2D eigenvalue weighted by Crippen LogP contribution is 2.43. The Hall–Kier alpha value is -1.77. The molecule has 0 aromatic carbocycles. The summed E-state index contributed by atoms with van der Waals surface area (Å²) in [6, 6.07) is 0. The first-order chi connectivity index (χ1) is 34.8. The number of phosphoric acid groups is 1. The van der Waals surface area contributed by atoms with Crippen LogP contribution < -0.4 is 5.73 Å². The molecule has 9 nitrogen and oxygen atoms in total. The van der Waals surface area contributed by atoms with Crippen LogP contribution in [0.15, 0.2) is 36.5 Å². The van der Waals surface area contributed by atoms with Gasteiger partial charge in [-0.2, -0.15) is 0 Å². The zero-order chi connectivity index (χ0) is 51.7. The molecular weight excluding hydrogens is 906 g/mol. The molecule has 0 rings (SSSR count). The number of unbranched alkanes of at least 4 members (excludes halogenated alkanes) is 39. The van der Waals surface area contributed by atoms with E-state index in [0.717, 1.165) is 44.9 Å². The van der Waals surface area contributed by atoms with Gasteiger partial charge in [-0.15, -0.1) is 0 Å². The van der Waals surface area contributed by atoms with Crippen molar-refractivity contribution in [3.8, 4) is 0 Å². The van der Waals surface area contributed by atoms with Crippen LogP contribution in [0.2, 0.25) is 0 Å². The second kappa shape index (κ2) is 57.5. The number of allylic oxidation sites excluding steroid dienone is 6. The molecule has 0 aliphatic rings. The third kappa shape index (κ3) is 57.4. The molecule has 71 heavy (non-hydrogen) atoms. The number of esters is 2. The molecule has 2 atom stereocenters. The van der Waals surface area contributed by atoms with E-state index in [9.17, 15) is 19.0 Å². The van der Waals surface area contributed by atoms with Crippen LogP contribution in [0.3, 0.4) is 0 Å². The number of phosphoric ester groups is 1. The van der Waals surface area contributed by atoms with Gasteiger partial charge in [-0.3, -0.25) is 18.6 Å². The Kier molecular flexibility index (Phi) is 56.1. The summed E-state index contributed by atoms with van der Waals surface area (Å²) in [6.45, 7) is 3.78. The van der Waals surface area contributed by atoms with Crippen LogP contribution >= 0.6 is 7.82 Å². The van der Waals surface area contributed by atoms with Crippen molar-refractivity contribution < 1.29 is 37.6 Å². The quantitative estimate of drug-likeness (QED) is 0.0264. The maximum absolute atomic E-state index is 12.7. The minimum absolute atomic E-state index is 0.0545. The van der Waals surface area contributed by atoms with Gasteiger partial charge in [0.25, 0.3) is 0 Å². The van der Waals surface area contributed by atoms with E-state index in [-0.39, 0.29) is 38.6 Å². The summed E-state index contributed by atoms with van der Waals surface area (Å²) >= 11 is 0. The summed E-state index contributed by atoms with van der Waals surface area (Å²) in [6.07, 6.45) is 69.2. The first-order valence-corrected chi connectivity index (χ1v) is 32.0. The van der Waals surface area contributed by atoms with Crippen molar-refractivity contribution in [1.82, 2.24) is 0 Å². The minimum Gasteiger partial charge on any atom is -0.462 e. The number of carbonyl (C=O) groups is 2. The van der Waals surface area contributed by atoms with Crippen LogP contribution in [-0.2, 0) is 32.7 Å². The normalized spacial score (nSPS) is 13.2. The second-order valence-electron chi connectivity index (χ2n) is 20.6. The average Bonchev–Trinajstić information content (AvgIpc) is 3.36. The number of rotatable bonds is 58. The number of nitrogens with two attached hydrogens (primary N) is 1. The standard InChI is InChI=1S/C61H116NO8P/c1-3-5-7-9-11-13-15-17-19-21-23-25-27-29-31-33-35-37-39-41-43-45-47-49-51-53-60(63)67-57-59(58-69-71(65,66)68-56-55-62)70-61(64)54-52-50-48-46-44-42-40-38-36-34-32-30-28-26-24-22-20-18-16-14-12-10-8-6-4-2/h16,18,21-24,59H,3-15,17,19-20,25-58,62H2,1-2H3,(H,65,66)/b18-16-,23-21-,24-22-. The predicted octanol–water partition coefficient (Wildman–Crippen LogP) is 19.2. The molecule has 3 N–H and O–H groups in total. The van der Waals surface area contributed by atoms with E-state index < -0.39 is 26.5 Å². The van der Waals surface area contributed by atoms with Gasteiger partial charge in [0.05, 0.1) is 13.2 Å². The van der Waals surface area contributed by atoms with Crippen molar-refractivity contribution >= 4 is 19.8 Å². The van der Waals surface area contributed by atoms with Gasteiger partial charge in [-0.25, -0.2) is 4.57 Å². The van der Waals surface area contributed by atoms with Crippen LogP contribution in [0.25, 0.3) is 0 Å². The van der Waals surface area contributed by atoms with Gasteiger partial charge in [0.2, 0.25) is 0 Å². The van der Waals surface area contributed by atoms with E-state index in [1.165, 1.54) is 231 Å². The van der Waals surface area contributed by atoms with Crippen molar-refractivity contribution in [2.24, 2.45) is 5.73 Å². The fourth-order valence-electron chi connectivity index (χ4n) is 8.96. The molecule has 0 aliphatic carbocycles. The van der Waals surface area contributed by atoms with Crippen LogP contribution in [0.4, 0.5) is 0 Å². The van der Waals surface area contributed by atoms with E-state index in [4.69, 9.17) is 24.3 Å². The molecule has 0 saturated heterocycles. The lowest BCUT2D eigenvalue weighted by Crippen LogP contribution is -2.29. The summed E-state index contributed by atoms with van der Waals surface area (Å²) < 4.78 is 33.1. The lowest BCUT2D eigenvalue weighted by Gasteiger charge is -2.19. The molecule has 0 radical (unpaired) electrons. The zero-order valence-electron chi connectivity index (χ0n) is 46.7. The third-order valence-electron chi connectivity index (χ3n) is 13.5. The topological polar surface area (TPSA) is 134 Å². The zero-order valence-corrected chi connectivity index (χ0v) is 47.6. The molecule has 0 aromatic rings. The minimum atomic E-state index is -4.39. The summed E-state index contributed by atoms with van der Waals surface area (Å²) in [4.78, 5) is 35.2. The summed E-state index contributed by atoms with van der Waals surface area (Å²) in [5, 5.41) is 0. The van der Waals surface area contributed by atoms with E-state index >= 15 is 0 Å². The SMILES string of the molecule is CCCCCCC/C=C\C/C=C\CCCCCCCCCCCCCCCC(=O)OC(COC(=O)CCCCCCCCCCCCCCC/C=C\CCCCCCCCCC)COP(=O)(O)OCCN. The van der Waals surface area contributed by atoms with Gasteiger partial charge in [0.15, 0.2) is 6.10 Å². The lowest BCUT2D eigenvalue weighted by molar-refractivity contribution is -0.161. The number of hydrogen-bond acceptors (Lipinski definition) is 8. The Morgan fingerprint density at radius 3 is 1.08 bits per heavy atom. The van der Waals surface area contributed by atoms with Gasteiger partial charge in [0, 0.05) is 19.4 Å². The van der Waals surface area contributed by atoms with E-state index in [0.29, 0.717) is 6.42 Å². The molecule has 2 unspecified atom stereocenters. The van der Waals surface area contributed by atoms with Gasteiger partial charge in [0.1, 0.15) is 6.61 Å². The average molecular weight is 1020 g/mol. The highest BCUT2D eigenvalue weighted by molar-refractivity contribution is 7.47. The monoisotopic (exact) mass is 1020 g/mol. The highest BCUT2D eigenvalue weighted by atomic mass is 31.2. The molecule has 0 aromatic heterocycles. The molecule has 0 spiro atoms. The Bertz CT molecular complexity index is 1260. The van der Waals surface area contributed by atoms with Gasteiger partial charge >= 0.3 is 19.8 Å². The summed E-state index contributed by atoms with van der Waals surface area (Å²) in [5.74, 6) is -0.814. The largest absolute Gasteiger partial charge is 0.472 e. The van der Waals surface area contributed by atoms with E-state index in [1.807, 2.05) is 0 Å². The molecule has 0 saturated carbocycles. The second-order valence-corrected chi connectivity index (χ2v) is 22.0. The van der Waals surface area contributed by atoms with Gasteiger partial charge < -0.3 is 20.1 Å². The van der Waals surface area contributed by atoms with Crippen molar-refractivity contribution in [3.63, 3.8) is 0 Å². The Labute approximate surface area is 439 Å². The first-order valence-electron chi connectivity index (χ1n) is 30.5. The molecule has 0 amide bonds. The smallest absolute Gasteiger partial charge is 0.462 e. The number of hydrogen-bond donors (Lipinski definition) is 2. The lowest BCUT2D eigenvalue weighted by atomic mass is 10.0. The Balaban J connectivity index is 3.92. The molecule has 10 heteroatoms. The maximum Gasteiger partial charge on any atom is 0.472 e. The first kappa shape index (κ1) is 69.2. The summed E-state index contributed by atoms with van der Waals surface area (Å²) in [5.41, 5.74) is 5.39. The van der Waals surface area contributed by atoms with Crippen molar-refractivity contribution in [1.29, 1.82) is 0 Å². The van der Waals surface area contributed by atoms with Crippen LogP contribution in [0, 0.1) is 0 Å². The molecule has 0 fully saturated rings. The molecule has 418 valence electrons. The van der Waals surface area contributed by atoms with Crippen LogP contribution in [0.5, 0.6) is 0 Å². The number of ether oxygens (including phenoxy) is 2. The van der Waals surface area contributed by atoms with Crippen molar-refractivity contribution in [2.75, 3.05) is 26.4 Å². The Morgan fingerprint density at radius 1 is 0.423 bits per heavy atom. The van der Waals surface area contributed by atoms with Crippen molar-refractivity contribution in [2.45, 2.75) is 315 Å². The summed E-state index contributed by atoms with van der Waals surface area (Å²) in [7, 11) is -4.39. The van der Waals surface area contributed by atoms with Crippen LogP contribution in [0.1, 0.15) is 309 Å². The van der Waals surface area contributed by atoms with E-state index in [1.54, 1.807) is 0 Å². The third-order valence-corrected chi connectivity index (χ3v) is 14.5.